The molecule has 0 heterocycles. The highest BCUT2D eigenvalue weighted by Crippen LogP contribution is 2.34. The molecule has 0 fully saturated rings. The van der Waals surface area contributed by atoms with Crippen LogP contribution >= 0.6 is 0 Å². The van der Waals surface area contributed by atoms with Crippen molar-refractivity contribution in [3.63, 3.8) is 0 Å². The molecule has 0 heteroatoms. The van der Waals surface area contributed by atoms with Crippen molar-refractivity contribution in [3.05, 3.63) is 451 Å². The molecule has 818 valence electrons. The highest BCUT2D eigenvalue weighted by atomic mass is 14.3. The first-order chi connectivity index (χ1) is 69.3. The summed E-state index contributed by atoms with van der Waals surface area (Å²) in [6.45, 7) is 109. The minimum Gasteiger partial charge on any atom is -0.0683 e. The standard InChI is InChI=1S/2C17H20.C15H24.C14H16.3C13H20.C12H18.3C10H14.3C2H6/c1-17(2,3)13-14-8-7-11-16(12-14)15-9-5-4-6-10-15;1-17(2,3)13-14-9-11-16(12-10-14)15-7-5-4-6-8-15;1-14(2,3)11-12-7-9-13(10-8-12)15(4,5)6;1-14(2,3)13-9-8-11-6-4-5-7-12(11)10-13;2*1-10-6-7-12(8-11(10)2)9-13(3,4)5;1-10-6-7-11(2)12(8-10)9-13(3,4)5;1-10-5-7-11(8-6-10)9-12(2,3)4;3*1-10(2,3)9-7-5-4-6-8-9;3*1-2/h2*4-12H,13H2,1-3H3;7-10H,11H2,1-6H3;4-10H,1-3H3;3*6-8H,9H2,1-5H3;5-8H,9H2,1-4H3;3*4-8H,1-3H3;3*1-2H3. The van der Waals surface area contributed by atoms with Crippen molar-refractivity contribution in [1.82, 2.24) is 0 Å². The molecular weight excluding hydrogens is 1800 g/mol. The second-order valence-electron chi connectivity index (χ2n) is 54.2. The third kappa shape index (κ3) is 63.0. The van der Waals surface area contributed by atoms with Crippen LogP contribution in [0.4, 0.5) is 0 Å². The summed E-state index contributed by atoms with van der Waals surface area (Å²) >= 11 is 0. The average Bonchev–Trinajstić information content (AvgIpc) is 0.816. The van der Waals surface area contributed by atoms with Gasteiger partial charge in [0.15, 0.2) is 0 Å². The molecule has 0 amide bonds. The van der Waals surface area contributed by atoms with Gasteiger partial charge in [0.05, 0.1) is 0 Å². The number of aryl methyl sites for hydroxylation is 7. The normalized spacial score (nSPS) is 11.4. The number of benzene rings is 14. The van der Waals surface area contributed by atoms with E-state index in [4.69, 9.17) is 0 Å². The van der Waals surface area contributed by atoms with Gasteiger partial charge in [0, 0.05) is 0 Å². The van der Waals surface area contributed by atoms with Gasteiger partial charge in [-0.2, -0.15) is 0 Å². The van der Waals surface area contributed by atoms with E-state index in [1.165, 1.54) is 145 Å². The summed E-state index contributed by atoms with van der Waals surface area (Å²) in [7, 11) is 0. The van der Waals surface area contributed by atoms with Crippen LogP contribution in [0.2, 0.25) is 0 Å². The van der Waals surface area contributed by atoms with Crippen LogP contribution in [-0.2, 0) is 72.0 Å². The van der Waals surface area contributed by atoms with Crippen molar-refractivity contribution in [1.29, 1.82) is 0 Å². The molecule has 14 rings (SSSR count). The lowest BCUT2D eigenvalue weighted by atomic mass is 9.84. The molecule has 0 unspecified atom stereocenters. The zero-order valence-electron chi connectivity index (χ0n) is 105. The number of hydrogen-bond donors (Lipinski definition) is 0. The zero-order chi connectivity index (χ0) is 115. The van der Waals surface area contributed by atoms with E-state index in [-0.39, 0.29) is 10.8 Å². The van der Waals surface area contributed by atoms with Crippen LogP contribution in [-0.4, -0.2) is 0 Å². The van der Waals surface area contributed by atoms with E-state index in [0.29, 0.717) is 54.1 Å². The summed E-state index contributed by atoms with van der Waals surface area (Å²) in [5, 5.41) is 2.65. The monoisotopic (exact) mass is 2020 g/mol. The molecule has 0 radical (unpaired) electrons. The Hall–Kier alpha value is -10.7. The first-order valence-corrected chi connectivity index (χ1v) is 56.6. The molecule has 0 atom stereocenters. The van der Waals surface area contributed by atoms with E-state index in [2.05, 4.69) is 644 Å². The van der Waals surface area contributed by atoms with E-state index in [1.807, 2.05) is 41.5 Å². The van der Waals surface area contributed by atoms with E-state index < -0.39 is 0 Å². The fourth-order valence-electron chi connectivity index (χ4n) is 16.3. The molecule has 0 saturated carbocycles. The summed E-state index contributed by atoms with van der Waals surface area (Å²) in [6, 6.07) is 124. The molecule has 14 aromatic carbocycles. The van der Waals surface area contributed by atoms with E-state index in [0.717, 1.165) is 38.5 Å². The zero-order valence-corrected chi connectivity index (χ0v) is 105. The van der Waals surface area contributed by atoms with Crippen LogP contribution in [0.1, 0.15) is 397 Å². The quantitative estimate of drug-likeness (QED) is 0.135. The summed E-state index contributed by atoms with van der Waals surface area (Å²) < 4.78 is 0. The van der Waals surface area contributed by atoms with Gasteiger partial charge in [0.2, 0.25) is 0 Å². The fraction of sp³-hybridized carbons (Fsp3) is 0.453. The molecule has 0 aromatic heterocycles. The highest BCUT2D eigenvalue weighted by molar-refractivity contribution is 5.83. The molecule has 0 aliphatic rings. The maximum atomic E-state index is 2.31. The van der Waals surface area contributed by atoms with Gasteiger partial charge in [-0.3, -0.25) is 0 Å². The Balaban J connectivity index is 0.000000824. The van der Waals surface area contributed by atoms with Crippen molar-refractivity contribution in [3.8, 4) is 22.3 Å². The second kappa shape index (κ2) is 65.0. The summed E-state index contributed by atoms with van der Waals surface area (Å²) in [4.78, 5) is 0. The Morgan fingerprint density at radius 2 is 0.373 bits per heavy atom. The number of rotatable bonds is 9. The molecule has 0 aliphatic heterocycles. The number of hydrogen-bond acceptors (Lipinski definition) is 0. The van der Waals surface area contributed by atoms with Crippen LogP contribution < -0.4 is 0 Å². The van der Waals surface area contributed by atoms with Gasteiger partial charge in [0.25, 0.3) is 0 Å². The predicted molar refractivity (Wildman–Crippen MR) is 682 cm³/mol. The fourth-order valence-corrected chi connectivity index (χ4v) is 16.3. The summed E-state index contributed by atoms with van der Waals surface area (Å²) in [5.41, 5.74) is 36.0. The molecule has 150 heavy (non-hydrogen) atoms. The van der Waals surface area contributed by atoms with Gasteiger partial charge in [-0.15, -0.1) is 0 Å². The molecule has 0 aliphatic carbocycles. The first-order valence-electron chi connectivity index (χ1n) is 56.6. The Morgan fingerprint density at radius 1 is 0.140 bits per heavy atom. The van der Waals surface area contributed by atoms with Gasteiger partial charge >= 0.3 is 0 Å². The van der Waals surface area contributed by atoms with E-state index in [9.17, 15) is 0 Å². The Morgan fingerprint density at radius 3 is 0.680 bits per heavy atom. The van der Waals surface area contributed by atoms with Crippen molar-refractivity contribution in [2.24, 2.45) is 37.9 Å². The lowest BCUT2D eigenvalue weighted by molar-refractivity contribution is 0.410. The minimum absolute atomic E-state index is 0.240. The van der Waals surface area contributed by atoms with Crippen molar-refractivity contribution in [2.45, 2.75) is 411 Å². The number of fused-ring (bicyclic) bond motifs is 1. The van der Waals surface area contributed by atoms with Crippen LogP contribution in [0.15, 0.2) is 346 Å². The first kappa shape index (κ1) is 137. The van der Waals surface area contributed by atoms with Crippen molar-refractivity contribution >= 4 is 10.8 Å². The predicted octanol–water partition coefficient (Wildman–Crippen LogP) is 45.9. The molecule has 0 bridgehead atoms. The third-order valence-corrected chi connectivity index (χ3v) is 24.3. The van der Waals surface area contributed by atoms with Crippen molar-refractivity contribution in [2.75, 3.05) is 0 Å². The van der Waals surface area contributed by atoms with Gasteiger partial charge in [-0.05, 0) is 286 Å². The third-order valence-electron chi connectivity index (χ3n) is 24.3. The van der Waals surface area contributed by atoms with Gasteiger partial charge in [-0.1, -0.05) is 648 Å². The molecular formula is C150H218. The largest absolute Gasteiger partial charge is 0.0683 e. The molecule has 0 N–H and O–H groups in total. The smallest absolute Gasteiger partial charge is 0.0132 e. The van der Waals surface area contributed by atoms with Crippen LogP contribution in [0, 0.1) is 86.4 Å². The Kier molecular flexibility index (Phi) is 59.5. The van der Waals surface area contributed by atoms with E-state index in [1.54, 1.807) is 0 Å². The molecule has 0 spiro atoms. The topological polar surface area (TPSA) is 0 Å². The van der Waals surface area contributed by atoms with E-state index >= 15 is 0 Å². The highest BCUT2D eigenvalue weighted by Gasteiger charge is 2.22. The van der Waals surface area contributed by atoms with Crippen LogP contribution in [0.25, 0.3) is 33.0 Å². The van der Waals surface area contributed by atoms with Gasteiger partial charge < -0.3 is 0 Å². The van der Waals surface area contributed by atoms with Gasteiger partial charge in [0.1, 0.15) is 0 Å². The Bertz CT molecular complexity index is 5720. The van der Waals surface area contributed by atoms with Gasteiger partial charge in [-0.25, -0.2) is 0 Å². The minimum atomic E-state index is 0.240. The molecule has 14 aromatic rings. The van der Waals surface area contributed by atoms with Crippen molar-refractivity contribution < 1.29 is 0 Å². The molecule has 0 saturated heterocycles. The molecule has 0 nitrogen and oxygen atoms in total. The maximum Gasteiger partial charge on any atom is -0.0132 e. The maximum absolute atomic E-state index is 2.31. The SMILES string of the molecule is CC.CC.CC.CC(C)(C)Cc1ccc(-c2ccccc2)cc1.CC(C)(C)Cc1ccc(C(C)(C)C)cc1.CC(C)(C)Cc1cccc(-c2ccccc2)c1.CC(C)(C)c1ccc2ccccc2c1.CC(C)(C)c1ccccc1.CC(C)(C)c1ccccc1.CC(C)(C)c1ccccc1.Cc1ccc(C)c(CC(C)(C)C)c1.Cc1ccc(CC(C)(C)C)cc1.Cc1ccc(CC(C)(C)C)cc1C.Cc1ccc(CC(C)(C)C)cc1C. The second-order valence-corrected chi connectivity index (χ2v) is 54.2. The lowest BCUT2D eigenvalue weighted by Gasteiger charge is -2.21. The average molecular weight is 2020 g/mol. The van der Waals surface area contributed by atoms with Crippen LogP contribution in [0.5, 0.6) is 0 Å². The lowest BCUT2D eigenvalue weighted by Crippen LogP contribution is -2.12. The van der Waals surface area contributed by atoms with Crippen LogP contribution in [0.3, 0.4) is 0 Å². The summed E-state index contributed by atoms with van der Waals surface area (Å²) in [5.74, 6) is 0. The summed E-state index contributed by atoms with van der Waals surface area (Å²) in [6.07, 6.45) is 8.04. The Labute approximate surface area is 927 Å².